The van der Waals surface area contributed by atoms with Gasteiger partial charge in [-0.05, 0) is 86.9 Å². The maximum Gasteiger partial charge on any atom is 0.254 e. The molecule has 2 aromatic rings. The zero-order valence-electron chi connectivity index (χ0n) is 22.6. The molecular formula is C30H42FN3O3. The number of aromatic nitrogens is 1. The van der Waals surface area contributed by atoms with Crippen LogP contribution in [0.5, 0.6) is 5.75 Å². The van der Waals surface area contributed by atoms with Crippen LogP contribution in [0.1, 0.15) is 69.7 Å². The fraction of sp³-hybridized carbons (Fsp3) is 0.600. The van der Waals surface area contributed by atoms with Crippen LogP contribution in [0.25, 0.3) is 11.3 Å². The van der Waals surface area contributed by atoms with E-state index in [1.54, 1.807) is 29.3 Å². The molecule has 4 rings (SSSR count). The highest BCUT2D eigenvalue weighted by Gasteiger charge is 2.26. The highest BCUT2D eigenvalue weighted by atomic mass is 19.1. The second kappa shape index (κ2) is 12.4. The van der Waals surface area contributed by atoms with Gasteiger partial charge in [0.05, 0.1) is 24.6 Å². The summed E-state index contributed by atoms with van der Waals surface area (Å²) in [4.78, 5) is 21.3. The molecule has 6 nitrogen and oxygen atoms in total. The van der Waals surface area contributed by atoms with Gasteiger partial charge in [-0.3, -0.25) is 9.78 Å². The van der Waals surface area contributed by atoms with Crippen LogP contribution in [-0.2, 0) is 0 Å². The Morgan fingerprint density at radius 1 is 1.16 bits per heavy atom. The molecule has 0 radical (unpaired) electrons. The molecule has 7 heteroatoms. The van der Waals surface area contributed by atoms with Gasteiger partial charge in [-0.25, -0.2) is 4.39 Å². The highest BCUT2D eigenvalue weighted by molar-refractivity contribution is 5.94. The molecule has 2 aliphatic rings. The summed E-state index contributed by atoms with van der Waals surface area (Å²) in [6.45, 7) is 11.9. The largest absolute Gasteiger partial charge is 0.492 e. The minimum atomic E-state index is -0.512. The lowest BCUT2D eigenvalue weighted by Crippen LogP contribution is -2.42. The van der Waals surface area contributed by atoms with Gasteiger partial charge in [-0.1, -0.05) is 27.2 Å². The van der Waals surface area contributed by atoms with Crippen LogP contribution < -0.4 is 4.74 Å². The molecule has 202 valence electrons. The monoisotopic (exact) mass is 511 g/mol. The molecule has 0 bridgehead atoms. The molecule has 0 saturated carbocycles. The summed E-state index contributed by atoms with van der Waals surface area (Å²) in [5, 5.41) is 9.83. The van der Waals surface area contributed by atoms with Gasteiger partial charge in [0.15, 0.2) is 0 Å². The third kappa shape index (κ3) is 7.51. The van der Waals surface area contributed by atoms with E-state index in [9.17, 15) is 14.3 Å². The number of β-amino-alcohol motifs (C(OH)–C–C–N with tert-alkyl or cyclic N) is 1. The molecular weight excluding hydrogens is 469 g/mol. The molecule has 1 aromatic heterocycles. The summed E-state index contributed by atoms with van der Waals surface area (Å²) in [6.07, 6.45) is 7.34. The van der Waals surface area contributed by atoms with Gasteiger partial charge in [0.1, 0.15) is 11.6 Å². The first-order valence-corrected chi connectivity index (χ1v) is 13.8. The van der Waals surface area contributed by atoms with Crippen LogP contribution in [-0.4, -0.2) is 71.2 Å². The molecule has 2 fully saturated rings. The molecule has 2 aliphatic heterocycles. The number of ether oxygens (including phenoxy) is 1. The number of rotatable bonds is 9. The number of carbonyl (C=O) groups excluding carboxylic acids is 1. The fourth-order valence-electron chi connectivity index (χ4n) is 5.69. The van der Waals surface area contributed by atoms with E-state index in [1.807, 2.05) is 6.07 Å². The molecule has 3 heterocycles. The number of aliphatic hydroxyl groups is 1. The van der Waals surface area contributed by atoms with Gasteiger partial charge in [0.2, 0.25) is 0 Å². The zero-order valence-corrected chi connectivity index (χ0v) is 22.6. The number of pyridine rings is 1. The van der Waals surface area contributed by atoms with Crippen LogP contribution in [0.4, 0.5) is 4.39 Å². The van der Waals surface area contributed by atoms with Gasteiger partial charge in [-0.15, -0.1) is 0 Å². The summed E-state index contributed by atoms with van der Waals surface area (Å²) in [5.74, 6) is 0.481. The summed E-state index contributed by atoms with van der Waals surface area (Å²) in [7, 11) is 0. The second-order valence-electron chi connectivity index (χ2n) is 11.6. The maximum absolute atomic E-state index is 14.9. The third-order valence-corrected chi connectivity index (χ3v) is 7.68. The van der Waals surface area contributed by atoms with Crippen LogP contribution in [0.15, 0.2) is 36.5 Å². The smallest absolute Gasteiger partial charge is 0.254 e. The molecule has 37 heavy (non-hydrogen) atoms. The third-order valence-electron chi connectivity index (χ3n) is 7.68. The number of hydrogen-bond acceptors (Lipinski definition) is 5. The molecule has 2 saturated heterocycles. The van der Waals surface area contributed by atoms with E-state index < -0.39 is 11.9 Å². The maximum atomic E-state index is 14.9. The summed E-state index contributed by atoms with van der Waals surface area (Å²) in [5.41, 5.74) is 1.51. The molecule has 0 spiro atoms. The van der Waals surface area contributed by atoms with E-state index in [0.717, 1.165) is 38.9 Å². The van der Waals surface area contributed by atoms with E-state index >= 15 is 0 Å². The van der Waals surface area contributed by atoms with E-state index in [1.165, 1.54) is 18.9 Å². The van der Waals surface area contributed by atoms with Crippen LogP contribution >= 0.6 is 0 Å². The normalized spacial score (nSPS) is 19.7. The van der Waals surface area contributed by atoms with Crippen LogP contribution in [0.2, 0.25) is 0 Å². The number of carbonyl (C=O) groups is 1. The number of amides is 1. The molecule has 1 amide bonds. The van der Waals surface area contributed by atoms with Crippen molar-refractivity contribution in [2.45, 2.75) is 65.4 Å². The molecule has 1 aromatic carbocycles. The Morgan fingerprint density at radius 3 is 2.59 bits per heavy atom. The highest BCUT2D eigenvalue weighted by Crippen LogP contribution is 2.28. The number of piperidine rings is 2. The Kier molecular flexibility index (Phi) is 9.19. The lowest BCUT2D eigenvalue weighted by Gasteiger charge is -2.37. The Hall–Kier alpha value is -2.51. The Bertz CT molecular complexity index is 1030. The van der Waals surface area contributed by atoms with Gasteiger partial charge in [0.25, 0.3) is 5.91 Å². The summed E-state index contributed by atoms with van der Waals surface area (Å²) >= 11 is 0. The predicted molar refractivity (Wildman–Crippen MR) is 144 cm³/mol. The van der Waals surface area contributed by atoms with Crippen molar-refractivity contribution in [3.8, 4) is 17.0 Å². The van der Waals surface area contributed by atoms with Gasteiger partial charge in [-0.2, -0.15) is 0 Å². The van der Waals surface area contributed by atoms with Crippen molar-refractivity contribution >= 4 is 5.91 Å². The molecule has 1 unspecified atom stereocenters. The van der Waals surface area contributed by atoms with Crippen molar-refractivity contribution < 1.29 is 19.0 Å². The average molecular weight is 512 g/mol. The number of halogens is 1. The molecule has 1 atom stereocenters. The van der Waals surface area contributed by atoms with E-state index in [4.69, 9.17) is 4.74 Å². The van der Waals surface area contributed by atoms with E-state index in [-0.39, 0.29) is 11.5 Å². The van der Waals surface area contributed by atoms with Gasteiger partial charge in [0, 0.05) is 30.8 Å². The van der Waals surface area contributed by atoms with E-state index in [2.05, 4.69) is 30.7 Å². The van der Waals surface area contributed by atoms with Crippen molar-refractivity contribution in [1.29, 1.82) is 0 Å². The van der Waals surface area contributed by atoms with Gasteiger partial charge >= 0.3 is 0 Å². The van der Waals surface area contributed by atoms with Crippen molar-refractivity contribution in [3.63, 3.8) is 0 Å². The van der Waals surface area contributed by atoms with E-state index in [0.29, 0.717) is 54.5 Å². The van der Waals surface area contributed by atoms with Gasteiger partial charge < -0.3 is 19.6 Å². The Labute approximate surface area is 220 Å². The number of aliphatic hydroxyl groups excluding tert-OH is 1. The molecule has 1 N–H and O–H groups in total. The second-order valence-corrected chi connectivity index (χ2v) is 11.6. The number of likely N-dealkylation sites (tertiary alicyclic amines) is 2. The SMILES string of the molecule is CCCC(C)(C)CN1CCC(COc2ccc(-c3ccc(C(=O)N4CCCC(O)C4)cc3F)nc2)CC1. The minimum absolute atomic E-state index is 0.253. The van der Waals surface area contributed by atoms with Crippen molar-refractivity contribution in [2.75, 3.05) is 39.3 Å². The lowest BCUT2D eigenvalue weighted by molar-refractivity contribution is 0.0473. The van der Waals surface area contributed by atoms with Crippen molar-refractivity contribution in [2.24, 2.45) is 11.3 Å². The standard InChI is InChI=1S/C30H42FN3O3/c1-4-13-30(2,3)21-33-15-11-22(12-16-33)20-37-25-8-10-28(32-18-25)26-9-7-23(17-27(26)31)29(36)34-14-5-6-24(35)19-34/h7-10,17-18,22,24,35H,4-6,11-16,19-21H2,1-3H3. The quantitative estimate of drug-likeness (QED) is 0.488. The minimum Gasteiger partial charge on any atom is -0.492 e. The summed E-state index contributed by atoms with van der Waals surface area (Å²) in [6, 6.07) is 8.08. The first-order valence-electron chi connectivity index (χ1n) is 13.8. The van der Waals surface area contributed by atoms with Crippen molar-refractivity contribution in [3.05, 3.63) is 47.9 Å². The number of hydrogen-bond donors (Lipinski definition) is 1. The topological polar surface area (TPSA) is 65.9 Å². The zero-order chi connectivity index (χ0) is 26.4. The lowest BCUT2D eigenvalue weighted by atomic mass is 9.86. The summed E-state index contributed by atoms with van der Waals surface area (Å²) < 4.78 is 20.9. The number of benzene rings is 1. The first kappa shape index (κ1) is 27.5. The first-order chi connectivity index (χ1) is 17.7. The van der Waals surface area contributed by atoms with Crippen molar-refractivity contribution in [1.82, 2.24) is 14.8 Å². The van der Waals surface area contributed by atoms with Crippen LogP contribution in [0.3, 0.4) is 0 Å². The number of nitrogens with zero attached hydrogens (tertiary/aromatic N) is 3. The molecule has 0 aliphatic carbocycles. The fourth-order valence-corrected chi connectivity index (χ4v) is 5.69. The van der Waals surface area contributed by atoms with Crippen LogP contribution in [0, 0.1) is 17.2 Å². The average Bonchev–Trinajstić information content (AvgIpc) is 2.88. The Balaban J connectivity index is 1.27. The Morgan fingerprint density at radius 2 is 1.95 bits per heavy atom. The predicted octanol–water partition coefficient (Wildman–Crippen LogP) is 5.40.